The van der Waals surface area contributed by atoms with Gasteiger partial charge in [-0.3, -0.25) is 0 Å². The lowest BCUT2D eigenvalue weighted by molar-refractivity contribution is 0.191. The smallest absolute Gasteiger partial charge is 0.0449 e. The molecule has 0 spiro atoms. The van der Waals surface area contributed by atoms with Crippen molar-refractivity contribution in [2.75, 3.05) is 32.4 Å². The SMILES string of the molecule is CN1CCNCC1CCc1ccc(N)c(S)c1. The summed E-state index contributed by atoms with van der Waals surface area (Å²) in [6.45, 7) is 3.35. The molecular weight excluding hydrogens is 230 g/mol. The molecule has 1 aliphatic heterocycles. The first kappa shape index (κ1) is 12.7. The lowest BCUT2D eigenvalue weighted by Gasteiger charge is -2.33. The molecule has 0 aliphatic carbocycles. The minimum atomic E-state index is 0.643. The number of nitrogens with one attached hydrogen (secondary N) is 1. The second-order valence-corrected chi connectivity index (χ2v) is 5.25. The van der Waals surface area contributed by atoms with E-state index in [1.165, 1.54) is 12.0 Å². The van der Waals surface area contributed by atoms with Crippen LogP contribution in [0.15, 0.2) is 23.1 Å². The maximum atomic E-state index is 5.76. The summed E-state index contributed by atoms with van der Waals surface area (Å²) in [5.41, 5.74) is 7.84. The third-order valence-corrected chi connectivity index (χ3v) is 3.89. The number of piperazine rings is 1. The predicted molar refractivity (Wildman–Crippen MR) is 75.7 cm³/mol. The molecule has 3 nitrogen and oxygen atoms in total. The van der Waals surface area contributed by atoms with Crippen LogP contribution < -0.4 is 11.1 Å². The van der Waals surface area contributed by atoms with E-state index in [1.54, 1.807) is 0 Å². The van der Waals surface area contributed by atoms with Crippen molar-refractivity contribution in [1.29, 1.82) is 0 Å². The zero-order chi connectivity index (χ0) is 12.3. The van der Waals surface area contributed by atoms with Crippen LogP contribution in [0.5, 0.6) is 0 Å². The predicted octanol–water partition coefficient (Wildman–Crippen LogP) is 1.39. The molecule has 1 aromatic rings. The van der Waals surface area contributed by atoms with Gasteiger partial charge in [-0.25, -0.2) is 0 Å². The number of benzene rings is 1. The first-order valence-electron chi connectivity index (χ1n) is 6.15. The molecule has 1 aromatic carbocycles. The Kier molecular flexibility index (Phi) is 4.31. The van der Waals surface area contributed by atoms with E-state index in [-0.39, 0.29) is 0 Å². The van der Waals surface area contributed by atoms with E-state index >= 15 is 0 Å². The normalized spacial score (nSPS) is 21.6. The number of hydrogen-bond donors (Lipinski definition) is 3. The summed E-state index contributed by atoms with van der Waals surface area (Å²) in [5, 5.41) is 3.45. The summed E-state index contributed by atoms with van der Waals surface area (Å²) in [7, 11) is 2.21. The van der Waals surface area contributed by atoms with Crippen LogP contribution >= 0.6 is 12.6 Å². The van der Waals surface area contributed by atoms with Crippen molar-refractivity contribution in [2.45, 2.75) is 23.8 Å². The van der Waals surface area contributed by atoms with Crippen LogP contribution in [-0.4, -0.2) is 37.6 Å². The molecule has 0 saturated carbocycles. The Morgan fingerprint density at radius 1 is 1.53 bits per heavy atom. The van der Waals surface area contributed by atoms with Crippen LogP contribution in [0.4, 0.5) is 5.69 Å². The van der Waals surface area contributed by atoms with Crippen LogP contribution in [0.2, 0.25) is 0 Å². The maximum absolute atomic E-state index is 5.76. The van der Waals surface area contributed by atoms with E-state index in [4.69, 9.17) is 5.73 Å². The van der Waals surface area contributed by atoms with Gasteiger partial charge in [-0.1, -0.05) is 6.07 Å². The Morgan fingerprint density at radius 3 is 3.06 bits per heavy atom. The number of nitrogens with two attached hydrogens (primary N) is 1. The molecule has 1 aliphatic rings. The second kappa shape index (κ2) is 5.76. The first-order chi connectivity index (χ1) is 8.16. The van der Waals surface area contributed by atoms with E-state index in [0.717, 1.165) is 36.6 Å². The van der Waals surface area contributed by atoms with Crippen molar-refractivity contribution in [2.24, 2.45) is 0 Å². The fourth-order valence-corrected chi connectivity index (χ4v) is 2.50. The molecule has 1 fully saturated rings. The van der Waals surface area contributed by atoms with Crippen molar-refractivity contribution >= 4 is 18.3 Å². The highest BCUT2D eigenvalue weighted by Crippen LogP contribution is 2.19. The third kappa shape index (κ3) is 3.37. The molecular formula is C13H21N3S. The van der Waals surface area contributed by atoms with Gasteiger partial charge in [0.05, 0.1) is 0 Å². The Balaban J connectivity index is 1.90. The van der Waals surface area contributed by atoms with Crippen LogP contribution in [0, 0.1) is 0 Å². The fourth-order valence-electron chi connectivity index (χ4n) is 2.26. The molecule has 1 saturated heterocycles. The zero-order valence-electron chi connectivity index (χ0n) is 10.3. The van der Waals surface area contributed by atoms with Crippen molar-refractivity contribution in [3.8, 4) is 0 Å². The Bertz CT molecular complexity index is 381. The molecule has 1 atom stereocenters. The van der Waals surface area contributed by atoms with Crippen molar-refractivity contribution < 1.29 is 0 Å². The van der Waals surface area contributed by atoms with Gasteiger partial charge in [-0.15, -0.1) is 12.6 Å². The number of rotatable bonds is 3. The topological polar surface area (TPSA) is 41.3 Å². The second-order valence-electron chi connectivity index (χ2n) is 4.77. The molecule has 0 amide bonds. The van der Waals surface area contributed by atoms with Crippen LogP contribution in [0.1, 0.15) is 12.0 Å². The highest BCUT2D eigenvalue weighted by atomic mass is 32.1. The summed E-state index contributed by atoms with van der Waals surface area (Å²) < 4.78 is 0. The highest BCUT2D eigenvalue weighted by molar-refractivity contribution is 7.80. The number of hydrogen-bond acceptors (Lipinski definition) is 4. The number of nitrogen functional groups attached to an aromatic ring is 1. The van der Waals surface area contributed by atoms with E-state index < -0.39 is 0 Å². The van der Waals surface area contributed by atoms with Gasteiger partial charge in [0.1, 0.15) is 0 Å². The molecule has 1 heterocycles. The molecule has 0 aromatic heterocycles. The fraction of sp³-hybridized carbons (Fsp3) is 0.538. The number of nitrogens with zero attached hydrogens (tertiary/aromatic N) is 1. The lowest BCUT2D eigenvalue weighted by atomic mass is 10.0. The third-order valence-electron chi connectivity index (χ3n) is 3.51. The molecule has 2 rings (SSSR count). The van der Waals surface area contributed by atoms with Gasteiger partial charge >= 0.3 is 0 Å². The summed E-state index contributed by atoms with van der Waals surface area (Å²) in [4.78, 5) is 3.33. The Labute approximate surface area is 109 Å². The standard InChI is InChI=1S/C13H21N3S/c1-16-7-6-15-9-11(16)4-2-10-3-5-12(14)13(17)8-10/h3,5,8,11,15,17H,2,4,6-7,9,14H2,1H3. The first-order valence-corrected chi connectivity index (χ1v) is 6.60. The highest BCUT2D eigenvalue weighted by Gasteiger charge is 2.17. The minimum Gasteiger partial charge on any atom is -0.398 e. The van der Waals surface area contributed by atoms with Crippen LogP contribution in [0.25, 0.3) is 0 Å². The molecule has 0 radical (unpaired) electrons. The minimum absolute atomic E-state index is 0.643. The quantitative estimate of drug-likeness (QED) is 0.562. The van der Waals surface area contributed by atoms with Crippen molar-refractivity contribution in [3.05, 3.63) is 23.8 Å². The average molecular weight is 251 g/mol. The van der Waals surface area contributed by atoms with Crippen molar-refractivity contribution in [1.82, 2.24) is 10.2 Å². The van der Waals surface area contributed by atoms with Gasteiger partial charge in [0.15, 0.2) is 0 Å². The lowest BCUT2D eigenvalue weighted by Crippen LogP contribution is -2.49. The van der Waals surface area contributed by atoms with Crippen LogP contribution in [-0.2, 0) is 6.42 Å². The van der Waals surface area contributed by atoms with E-state index in [2.05, 4.69) is 42.0 Å². The monoisotopic (exact) mass is 251 g/mol. The molecule has 0 bridgehead atoms. The van der Waals surface area contributed by atoms with E-state index in [1.807, 2.05) is 6.07 Å². The van der Waals surface area contributed by atoms with Crippen LogP contribution in [0.3, 0.4) is 0 Å². The van der Waals surface area contributed by atoms with E-state index in [9.17, 15) is 0 Å². The number of likely N-dealkylation sites (N-methyl/N-ethyl adjacent to an activating group) is 1. The van der Waals surface area contributed by atoms with Gasteiger partial charge < -0.3 is 16.0 Å². The Hall–Kier alpha value is -0.710. The van der Waals surface area contributed by atoms with Gasteiger partial charge in [0.2, 0.25) is 0 Å². The van der Waals surface area contributed by atoms with E-state index in [0.29, 0.717) is 6.04 Å². The maximum Gasteiger partial charge on any atom is 0.0449 e. The summed E-state index contributed by atoms with van der Waals surface area (Å²) in [6, 6.07) is 6.77. The van der Waals surface area contributed by atoms with Gasteiger partial charge in [-0.2, -0.15) is 0 Å². The number of thiol groups is 1. The summed E-state index contributed by atoms with van der Waals surface area (Å²) in [6.07, 6.45) is 2.27. The summed E-state index contributed by atoms with van der Waals surface area (Å²) >= 11 is 4.36. The zero-order valence-corrected chi connectivity index (χ0v) is 11.2. The van der Waals surface area contributed by atoms with Gasteiger partial charge in [0, 0.05) is 36.3 Å². The van der Waals surface area contributed by atoms with Gasteiger partial charge in [0.25, 0.3) is 0 Å². The number of anilines is 1. The Morgan fingerprint density at radius 2 is 2.35 bits per heavy atom. The molecule has 17 heavy (non-hydrogen) atoms. The number of aryl methyl sites for hydroxylation is 1. The van der Waals surface area contributed by atoms with Gasteiger partial charge in [-0.05, 0) is 37.6 Å². The molecule has 1 unspecified atom stereocenters. The van der Waals surface area contributed by atoms with Crippen molar-refractivity contribution in [3.63, 3.8) is 0 Å². The average Bonchev–Trinajstić information content (AvgIpc) is 2.32. The molecule has 4 heteroatoms. The molecule has 3 N–H and O–H groups in total. The summed E-state index contributed by atoms with van der Waals surface area (Å²) in [5.74, 6) is 0. The largest absolute Gasteiger partial charge is 0.398 e. The molecule has 94 valence electrons.